The molecule has 0 aliphatic carbocycles. The molecule has 1 amide bonds. The van der Waals surface area contributed by atoms with E-state index in [1.165, 1.54) is 0 Å². The number of hydrogen-bond acceptors (Lipinski definition) is 3. The molecular formula is C8H15N3O. The summed E-state index contributed by atoms with van der Waals surface area (Å²) in [5, 5.41) is 2.93. The average molecular weight is 169 g/mol. The SMILES string of the molecule is C1=NCCN1.CN1CCCC1=O. The van der Waals surface area contributed by atoms with Gasteiger partial charge in [0.15, 0.2) is 0 Å². The van der Waals surface area contributed by atoms with E-state index >= 15 is 0 Å². The molecular weight excluding hydrogens is 154 g/mol. The molecule has 0 unspecified atom stereocenters. The van der Waals surface area contributed by atoms with Crippen LogP contribution in [0.4, 0.5) is 0 Å². The van der Waals surface area contributed by atoms with Gasteiger partial charge in [0.1, 0.15) is 0 Å². The fourth-order valence-electron chi connectivity index (χ4n) is 1.11. The first kappa shape index (κ1) is 9.03. The molecule has 0 radical (unpaired) electrons. The van der Waals surface area contributed by atoms with Crippen LogP contribution in [-0.2, 0) is 4.79 Å². The summed E-state index contributed by atoms with van der Waals surface area (Å²) in [7, 11) is 1.84. The van der Waals surface area contributed by atoms with Crippen LogP contribution >= 0.6 is 0 Å². The van der Waals surface area contributed by atoms with E-state index < -0.39 is 0 Å². The van der Waals surface area contributed by atoms with E-state index in [4.69, 9.17) is 0 Å². The third-order valence-corrected chi connectivity index (χ3v) is 1.88. The van der Waals surface area contributed by atoms with E-state index in [1.54, 1.807) is 11.2 Å². The van der Waals surface area contributed by atoms with Gasteiger partial charge in [-0.05, 0) is 6.42 Å². The van der Waals surface area contributed by atoms with Gasteiger partial charge in [-0.3, -0.25) is 9.79 Å². The predicted octanol–water partition coefficient (Wildman–Crippen LogP) is -0.143. The third-order valence-electron chi connectivity index (χ3n) is 1.88. The Morgan fingerprint density at radius 3 is 2.67 bits per heavy atom. The molecule has 0 saturated carbocycles. The molecule has 12 heavy (non-hydrogen) atoms. The second-order valence-electron chi connectivity index (χ2n) is 2.91. The Labute approximate surface area is 72.7 Å². The number of hydrogen-bond donors (Lipinski definition) is 1. The van der Waals surface area contributed by atoms with E-state index in [0.717, 1.165) is 32.5 Å². The van der Waals surface area contributed by atoms with Crippen molar-refractivity contribution >= 4 is 12.2 Å². The average Bonchev–Trinajstić information content (AvgIpc) is 2.67. The minimum absolute atomic E-state index is 0.292. The summed E-state index contributed by atoms with van der Waals surface area (Å²) in [5.74, 6) is 0.292. The van der Waals surface area contributed by atoms with Gasteiger partial charge in [0.05, 0.1) is 12.9 Å². The zero-order valence-corrected chi connectivity index (χ0v) is 7.42. The molecule has 2 aliphatic heterocycles. The number of aliphatic imine (C=N–C) groups is 1. The molecule has 1 fully saturated rings. The molecule has 2 rings (SSSR count). The van der Waals surface area contributed by atoms with Crippen molar-refractivity contribution in [1.29, 1.82) is 0 Å². The lowest BCUT2D eigenvalue weighted by Crippen LogP contribution is -2.17. The number of carbonyl (C=O) groups excluding carboxylic acids is 1. The highest BCUT2D eigenvalue weighted by Crippen LogP contribution is 2.04. The Balaban J connectivity index is 0.000000127. The van der Waals surface area contributed by atoms with Crippen molar-refractivity contribution in [3.8, 4) is 0 Å². The van der Waals surface area contributed by atoms with Crippen molar-refractivity contribution in [3.05, 3.63) is 0 Å². The number of likely N-dealkylation sites (tertiary alicyclic amines) is 1. The highest BCUT2D eigenvalue weighted by molar-refractivity contribution is 5.77. The molecule has 1 N–H and O–H groups in total. The van der Waals surface area contributed by atoms with E-state index in [2.05, 4.69) is 10.3 Å². The summed E-state index contributed by atoms with van der Waals surface area (Å²) in [4.78, 5) is 16.1. The molecule has 0 bridgehead atoms. The largest absolute Gasteiger partial charge is 0.375 e. The first-order chi connectivity index (χ1) is 5.80. The second kappa shape index (κ2) is 4.74. The van der Waals surface area contributed by atoms with Gasteiger partial charge in [-0.15, -0.1) is 0 Å². The lowest BCUT2D eigenvalue weighted by molar-refractivity contribution is -0.126. The second-order valence-corrected chi connectivity index (χ2v) is 2.91. The number of carbonyl (C=O) groups is 1. The van der Waals surface area contributed by atoms with Crippen LogP contribution < -0.4 is 5.32 Å². The van der Waals surface area contributed by atoms with Gasteiger partial charge in [-0.2, -0.15) is 0 Å². The van der Waals surface area contributed by atoms with E-state index in [0.29, 0.717) is 5.91 Å². The smallest absolute Gasteiger partial charge is 0.222 e. The standard InChI is InChI=1S/C5H9NO.C3H6N2/c1-6-4-2-3-5(6)7;1-2-5-3-4-1/h2-4H2,1H3;3H,1-2H2,(H,4,5). The van der Waals surface area contributed by atoms with Crippen molar-refractivity contribution in [3.63, 3.8) is 0 Å². The lowest BCUT2D eigenvalue weighted by Gasteiger charge is -2.03. The van der Waals surface area contributed by atoms with Crippen LogP contribution in [0.15, 0.2) is 4.99 Å². The summed E-state index contributed by atoms with van der Waals surface area (Å²) in [6.07, 6.45) is 3.55. The van der Waals surface area contributed by atoms with Crippen LogP contribution in [0.3, 0.4) is 0 Å². The third kappa shape index (κ3) is 2.90. The molecule has 1 saturated heterocycles. The van der Waals surface area contributed by atoms with E-state index in [1.807, 2.05) is 7.05 Å². The predicted molar refractivity (Wildman–Crippen MR) is 48.2 cm³/mol. The van der Waals surface area contributed by atoms with Gasteiger partial charge in [0.2, 0.25) is 5.91 Å². The molecule has 0 aromatic heterocycles. The van der Waals surface area contributed by atoms with Gasteiger partial charge >= 0.3 is 0 Å². The van der Waals surface area contributed by atoms with Crippen LogP contribution in [0.2, 0.25) is 0 Å². The maximum absolute atomic E-state index is 10.5. The molecule has 0 atom stereocenters. The monoisotopic (exact) mass is 169 g/mol. The molecule has 0 spiro atoms. The van der Waals surface area contributed by atoms with Gasteiger partial charge in [-0.25, -0.2) is 0 Å². The molecule has 0 aromatic rings. The van der Waals surface area contributed by atoms with Crippen molar-refractivity contribution in [2.45, 2.75) is 12.8 Å². The summed E-state index contributed by atoms with van der Waals surface area (Å²) >= 11 is 0. The highest BCUT2D eigenvalue weighted by atomic mass is 16.2. The van der Waals surface area contributed by atoms with Crippen molar-refractivity contribution in [1.82, 2.24) is 10.2 Å². The summed E-state index contributed by atoms with van der Waals surface area (Å²) in [5.41, 5.74) is 0. The van der Waals surface area contributed by atoms with Crippen molar-refractivity contribution < 1.29 is 4.79 Å². The molecule has 2 aliphatic rings. The van der Waals surface area contributed by atoms with Crippen LogP contribution in [0.25, 0.3) is 0 Å². The Bertz CT molecular complexity index is 173. The van der Waals surface area contributed by atoms with Gasteiger partial charge in [-0.1, -0.05) is 0 Å². The Kier molecular flexibility index (Phi) is 3.57. The molecule has 68 valence electrons. The van der Waals surface area contributed by atoms with E-state index in [9.17, 15) is 4.79 Å². The maximum Gasteiger partial charge on any atom is 0.222 e. The minimum Gasteiger partial charge on any atom is -0.375 e. The molecule has 0 aromatic carbocycles. The summed E-state index contributed by atoms with van der Waals surface area (Å²) in [6.45, 7) is 2.94. The normalized spacial score (nSPS) is 20.4. The van der Waals surface area contributed by atoms with Crippen molar-refractivity contribution in [2.24, 2.45) is 4.99 Å². The van der Waals surface area contributed by atoms with Gasteiger partial charge in [0.25, 0.3) is 0 Å². The molecule has 4 heteroatoms. The van der Waals surface area contributed by atoms with E-state index in [-0.39, 0.29) is 0 Å². The fourth-order valence-corrected chi connectivity index (χ4v) is 1.11. The number of nitrogens with one attached hydrogen (secondary N) is 1. The fraction of sp³-hybridized carbons (Fsp3) is 0.750. The molecule has 4 nitrogen and oxygen atoms in total. The Morgan fingerprint density at radius 2 is 2.50 bits per heavy atom. The van der Waals surface area contributed by atoms with Crippen LogP contribution in [0, 0.1) is 0 Å². The lowest BCUT2D eigenvalue weighted by atomic mass is 10.4. The first-order valence-electron chi connectivity index (χ1n) is 4.26. The summed E-state index contributed by atoms with van der Waals surface area (Å²) in [6, 6.07) is 0. The zero-order valence-electron chi connectivity index (χ0n) is 7.42. The number of amides is 1. The first-order valence-corrected chi connectivity index (χ1v) is 4.26. The maximum atomic E-state index is 10.5. The Hall–Kier alpha value is -1.06. The van der Waals surface area contributed by atoms with Crippen LogP contribution in [0.1, 0.15) is 12.8 Å². The number of nitrogens with zero attached hydrogens (tertiary/aromatic N) is 2. The topological polar surface area (TPSA) is 44.7 Å². The summed E-state index contributed by atoms with van der Waals surface area (Å²) < 4.78 is 0. The minimum atomic E-state index is 0.292. The Morgan fingerprint density at radius 1 is 1.67 bits per heavy atom. The number of rotatable bonds is 0. The van der Waals surface area contributed by atoms with Crippen LogP contribution in [0.5, 0.6) is 0 Å². The van der Waals surface area contributed by atoms with Crippen LogP contribution in [-0.4, -0.2) is 43.8 Å². The highest BCUT2D eigenvalue weighted by Gasteiger charge is 2.14. The zero-order chi connectivity index (χ0) is 8.81. The van der Waals surface area contributed by atoms with Crippen molar-refractivity contribution in [2.75, 3.05) is 26.7 Å². The van der Waals surface area contributed by atoms with Gasteiger partial charge < -0.3 is 10.2 Å². The quantitative estimate of drug-likeness (QED) is 0.548. The van der Waals surface area contributed by atoms with Gasteiger partial charge in [0, 0.05) is 26.6 Å². The molecule has 2 heterocycles.